The molecule has 4 rings (SSSR count). The zero-order chi connectivity index (χ0) is 22.2. The van der Waals surface area contributed by atoms with Crippen LogP contribution in [0.15, 0.2) is 53.0 Å². The number of morpholine rings is 1. The number of benzene rings is 2. The predicted octanol–water partition coefficient (Wildman–Crippen LogP) is 5.89. The van der Waals surface area contributed by atoms with Crippen molar-refractivity contribution in [2.45, 2.75) is 64.1 Å². The van der Waals surface area contributed by atoms with Crippen molar-refractivity contribution in [2.75, 3.05) is 13.2 Å². The van der Waals surface area contributed by atoms with Crippen molar-refractivity contribution < 1.29 is 14.3 Å². The minimum Gasteiger partial charge on any atom is -0.490 e. The van der Waals surface area contributed by atoms with E-state index in [4.69, 9.17) is 9.47 Å². The van der Waals surface area contributed by atoms with Gasteiger partial charge in [-0.05, 0) is 59.6 Å². The Morgan fingerprint density at radius 2 is 1.74 bits per heavy atom. The first-order valence-corrected chi connectivity index (χ1v) is 12.0. The highest BCUT2D eigenvalue weighted by atomic mass is 79.9. The van der Waals surface area contributed by atoms with Gasteiger partial charge >= 0.3 is 5.97 Å². The maximum absolute atomic E-state index is 12.8. The van der Waals surface area contributed by atoms with Crippen molar-refractivity contribution in [1.82, 2.24) is 4.90 Å². The zero-order valence-electron chi connectivity index (χ0n) is 18.8. The second kappa shape index (κ2) is 8.95. The molecule has 4 nitrogen and oxygen atoms in total. The average molecular weight is 486 g/mol. The van der Waals surface area contributed by atoms with Gasteiger partial charge in [0.05, 0.1) is 0 Å². The van der Waals surface area contributed by atoms with Crippen LogP contribution in [0.5, 0.6) is 5.75 Å². The molecule has 0 aromatic heterocycles. The predicted molar refractivity (Wildman–Crippen MR) is 126 cm³/mol. The molecule has 2 aliphatic heterocycles. The van der Waals surface area contributed by atoms with Crippen LogP contribution < -0.4 is 4.74 Å². The quantitative estimate of drug-likeness (QED) is 0.505. The second-order valence-electron chi connectivity index (χ2n) is 9.91. The van der Waals surface area contributed by atoms with E-state index in [1.807, 2.05) is 12.1 Å². The highest BCUT2D eigenvalue weighted by molar-refractivity contribution is 9.10. The molecule has 0 saturated carbocycles. The van der Waals surface area contributed by atoms with Crippen LogP contribution in [-0.2, 0) is 14.9 Å². The fraction of sp³-hybridized carbons (Fsp3) is 0.500. The number of cyclic esters (lactones) is 1. The third-order valence-corrected chi connectivity index (χ3v) is 7.06. The molecule has 5 heteroatoms. The van der Waals surface area contributed by atoms with Crippen molar-refractivity contribution in [3.8, 4) is 5.75 Å². The number of hydrogen-bond donors (Lipinski definition) is 0. The Morgan fingerprint density at radius 3 is 2.39 bits per heavy atom. The lowest BCUT2D eigenvalue weighted by atomic mass is 9.82. The molecule has 2 fully saturated rings. The summed E-state index contributed by atoms with van der Waals surface area (Å²) >= 11 is 3.53. The Balaban J connectivity index is 1.46. The minimum absolute atomic E-state index is 0.111. The van der Waals surface area contributed by atoms with E-state index in [0.717, 1.165) is 23.1 Å². The van der Waals surface area contributed by atoms with Gasteiger partial charge in [-0.25, -0.2) is 0 Å². The van der Waals surface area contributed by atoms with Gasteiger partial charge in [0, 0.05) is 17.1 Å². The molecule has 0 bridgehead atoms. The largest absolute Gasteiger partial charge is 0.490 e. The SMILES string of the molecule is C[C@@H]1CC[C@H]2C(=O)O[C@H](COc3ccc(C(C)(C)C)cc3)CN2[C@@H]1c1ccc(Br)cc1. The smallest absolute Gasteiger partial charge is 0.323 e. The second-order valence-corrected chi connectivity index (χ2v) is 10.8. The molecular formula is C26H32BrNO3. The van der Waals surface area contributed by atoms with Crippen LogP contribution >= 0.6 is 15.9 Å². The molecular weight excluding hydrogens is 454 g/mol. The molecule has 166 valence electrons. The van der Waals surface area contributed by atoms with E-state index in [1.54, 1.807) is 0 Å². The molecule has 0 spiro atoms. The molecule has 0 amide bonds. The van der Waals surface area contributed by atoms with Gasteiger partial charge in [0.25, 0.3) is 0 Å². The third-order valence-electron chi connectivity index (χ3n) is 6.53. The number of halogens is 1. The monoisotopic (exact) mass is 485 g/mol. The van der Waals surface area contributed by atoms with E-state index in [1.165, 1.54) is 11.1 Å². The van der Waals surface area contributed by atoms with E-state index in [9.17, 15) is 4.79 Å². The van der Waals surface area contributed by atoms with Crippen LogP contribution in [0.2, 0.25) is 0 Å². The van der Waals surface area contributed by atoms with Gasteiger partial charge in [-0.15, -0.1) is 0 Å². The Labute approximate surface area is 194 Å². The summed E-state index contributed by atoms with van der Waals surface area (Å²) in [5.74, 6) is 1.18. The standard InChI is InChI=1S/C26H32BrNO3/c1-17-5-14-23-25(29)31-22(15-28(23)24(17)18-6-10-20(27)11-7-18)16-30-21-12-8-19(9-13-21)26(2,3)4/h6-13,17,22-24H,5,14-16H2,1-4H3/t17-,22+,23+,24+/m1/s1. The number of fused-ring (bicyclic) bond motifs is 1. The molecule has 2 saturated heterocycles. The summed E-state index contributed by atoms with van der Waals surface area (Å²) in [6.45, 7) is 9.94. The average Bonchev–Trinajstić information content (AvgIpc) is 2.73. The Hall–Kier alpha value is -1.85. The maximum atomic E-state index is 12.8. The van der Waals surface area contributed by atoms with Crippen molar-refractivity contribution in [3.63, 3.8) is 0 Å². The zero-order valence-corrected chi connectivity index (χ0v) is 20.4. The van der Waals surface area contributed by atoms with Gasteiger partial charge in [0.1, 0.15) is 24.5 Å². The summed E-state index contributed by atoms with van der Waals surface area (Å²) in [4.78, 5) is 15.2. The molecule has 2 heterocycles. The van der Waals surface area contributed by atoms with E-state index < -0.39 is 0 Å². The first kappa shape index (κ1) is 22.3. The summed E-state index contributed by atoms with van der Waals surface area (Å²) in [5, 5.41) is 0. The molecule has 2 aliphatic rings. The first-order chi connectivity index (χ1) is 14.7. The molecule has 31 heavy (non-hydrogen) atoms. The van der Waals surface area contributed by atoms with Gasteiger partial charge in [-0.1, -0.05) is 67.9 Å². The van der Waals surface area contributed by atoms with Crippen molar-refractivity contribution in [1.29, 1.82) is 0 Å². The number of hydrogen-bond acceptors (Lipinski definition) is 4. The van der Waals surface area contributed by atoms with E-state index >= 15 is 0 Å². The topological polar surface area (TPSA) is 38.8 Å². The van der Waals surface area contributed by atoms with Crippen molar-refractivity contribution >= 4 is 21.9 Å². The number of nitrogens with zero attached hydrogens (tertiary/aromatic N) is 1. The number of ether oxygens (including phenoxy) is 2. The van der Waals surface area contributed by atoms with Gasteiger partial charge in [0.2, 0.25) is 0 Å². The Bertz CT molecular complexity index is 904. The summed E-state index contributed by atoms with van der Waals surface area (Å²) in [5.41, 5.74) is 2.64. The summed E-state index contributed by atoms with van der Waals surface area (Å²) in [6.07, 6.45) is 1.61. The van der Waals surface area contributed by atoms with Gasteiger partial charge in [0.15, 0.2) is 0 Å². The summed E-state index contributed by atoms with van der Waals surface area (Å²) < 4.78 is 12.9. The molecule has 0 aliphatic carbocycles. The highest BCUT2D eigenvalue weighted by Crippen LogP contribution is 2.41. The van der Waals surface area contributed by atoms with Crippen LogP contribution in [0.3, 0.4) is 0 Å². The third kappa shape index (κ3) is 4.98. The molecule has 4 atom stereocenters. The lowest BCUT2D eigenvalue weighted by Gasteiger charge is -2.48. The van der Waals surface area contributed by atoms with Gasteiger partial charge < -0.3 is 9.47 Å². The van der Waals surface area contributed by atoms with E-state index in [2.05, 4.69) is 84.9 Å². The van der Waals surface area contributed by atoms with Crippen LogP contribution in [0.4, 0.5) is 0 Å². The number of carbonyl (C=O) groups excluding carboxylic acids is 1. The fourth-order valence-electron chi connectivity index (χ4n) is 4.78. The lowest BCUT2D eigenvalue weighted by molar-refractivity contribution is -0.176. The van der Waals surface area contributed by atoms with Crippen LogP contribution in [0.1, 0.15) is 57.7 Å². The van der Waals surface area contributed by atoms with E-state index in [-0.39, 0.29) is 29.6 Å². The van der Waals surface area contributed by atoms with Crippen LogP contribution in [0, 0.1) is 5.92 Å². The van der Waals surface area contributed by atoms with Crippen molar-refractivity contribution in [2.24, 2.45) is 5.92 Å². The number of carbonyl (C=O) groups is 1. The lowest BCUT2D eigenvalue weighted by Crippen LogP contribution is -2.58. The summed E-state index contributed by atoms with van der Waals surface area (Å²) in [7, 11) is 0. The molecule has 0 radical (unpaired) electrons. The number of rotatable bonds is 4. The highest BCUT2D eigenvalue weighted by Gasteiger charge is 2.45. The maximum Gasteiger partial charge on any atom is 0.323 e. The van der Waals surface area contributed by atoms with E-state index in [0.29, 0.717) is 19.1 Å². The van der Waals surface area contributed by atoms with Crippen LogP contribution in [-0.4, -0.2) is 36.2 Å². The molecule has 0 unspecified atom stereocenters. The Kier molecular flexibility index (Phi) is 6.45. The fourth-order valence-corrected chi connectivity index (χ4v) is 5.05. The molecule has 0 N–H and O–H groups in total. The normalized spacial score (nSPS) is 26.8. The van der Waals surface area contributed by atoms with Gasteiger partial charge in [-0.3, -0.25) is 9.69 Å². The van der Waals surface area contributed by atoms with Crippen LogP contribution in [0.25, 0.3) is 0 Å². The number of piperidine rings is 1. The van der Waals surface area contributed by atoms with Crippen molar-refractivity contribution in [3.05, 3.63) is 64.1 Å². The van der Waals surface area contributed by atoms with Gasteiger partial charge in [-0.2, -0.15) is 0 Å². The first-order valence-electron chi connectivity index (χ1n) is 11.2. The minimum atomic E-state index is -0.269. The Morgan fingerprint density at radius 1 is 1.06 bits per heavy atom. The molecule has 2 aromatic carbocycles. The summed E-state index contributed by atoms with van der Waals surface area (Å²) in [6, 6.07) is 16.8. The number of esters is 1. The molecule has 2 aromatic rings.